The monoisotopic (exact) mass is 459 g/mol. The summed E-state index contributed by atoms with van der Waals surface area (Å²) in [5.41, 5.74) is 1.81. The van der Waals surface area contributed by atoms with Crippen LogP contribution in [0.3, 0.4) is 0 Å². The first-order valence-electron chi connectivity index (χ1n) is 12.1. The van der Waals surface area contributed by atoms with E-state index in [1.807, 2.05) is 17.0 Å². The summed E-state index contributed by atoms with van der Waals surface area (Å²) in [6.07, 6.45) is 6.68. The number of pyridine rings is 1. The highest BCUT2D eigenvalue weighted by Gasteiger charge is 2.37. The number of hydrogen-bond acceptors (Lipinski definition) is 4. The Bertz CT molecular complexity index is 1190. The van der Waals surface area contributed by atoms with E-state index in [1.165, 1.54) is 19.3 Å². The summed E-state index contributed by atoms with van der Waals surface area (Å²) in [6, 6.07) is 12.2. The van der Waals surface area contributed by atoms with Crippen LogP contribution in [0, 0.1) is 17.2 Å². The van der Waals surface area contributed by atoms with Gasteiger partial charge < -0.3 is 20.1 Å². The maximum absolute atomic E-state index is 13.2. The van der Waals surface area contributed by atoms with Crippen LogP contribution in [0.4, 0.5) is 10.5 Å². The number of anilines is 1. The molecule has 1 aliphatic carbocycles. The Hall–Kier alpha value is -3.60. The normalized spacial score (nSPS) is 21.8. The molecule has 8 heteroatoms. The molecule has 2 aromatic rings. The number of nitrogens with one attached hydrogen (secondary N) is 2. The standard InChI is InChI=1S/C26H29N5O3/c27-13-17-6-8-19(9-7-17)24(32)29-22-10-11-23-20-12-18(15-31(23)25(22)33)14-30(16-20)26(34)28-21-4-2-1-3-5-21/h6-11,18,20-21H,1-5,12,14-16H2,(H,28,34)(H,29,32)/t18-,20-/m1/s1. The smallest absolute Gasteiger partial charge is 0.317 e. The van der Waals surface area contributed by atoms with Gasteiger partial charge in [-0.15, -0.1) is 0 Å². The van der Waals surface area contributed by atoms with E-state index in [0.29, 0.717) is 30.8 Å². The minimum atomic E-state index is -0.385. The molecule has 1 aromatic heterocycles. The lowest BCUT2D eigenvalue weighted by atomic mass is 9.83. The van der Waals surface area contributed by atoms with Gasteiger partial charge in [-0.3, -0.25) is 9.59 Å². The SMILES string of the molecule is N#Cc1ccc(C(=O)Nc2ccc3n(c2=O)C[C@@H]2C[C@@H]3CN(C(=O)NC3CCCCC3)C2)cc1. The van der Waals surface area contributed by atoms with E-state index in [-0.39, 0.29) is 41.1 Å². The van der Waals surface area contributed by atoms with E-state index >= 15 is 0 Å². The molecule has 2 atom stereocenters. The van der Waals surface area contributed by atoms with E-state index in [0.717, 1.165) is 25.0 Å². The average molecular weight is 460 g/mol. The average Bonchev–Trinajstić information content (AvgIpc) is 2.86. The highest BCUT2D eigenvalue weighted by atomic mass is 16.2. The maximum Gasteiger partial charge on any atom is 0.317 e. The van der Waals surface area contributed by atoms with Gasteiger partial charge in [-0.2, -0.15) is 5.26 Å². The molecule has 2 fully saturated rings. The van der Waals surface area contributed by atoms with Gasteiger partial charge in [0.05, 0.1) is 11.6 Å². The molecule has 2 N–H and O–H groups in total. The predicted octanol–water partition coefficient (Wildman–Crippen LogP) is 3.43. The summed E-state index contributed by atoms with van der Waals surface area (Å²) in [4.78, 5) is 40.6. The number of carbonyl (C=O) groups is 2. The molecular weight excluding hydrogens is 430 g/mol. The van der Waals surface area contributed by atoms with Crippen molar-refractivity contribution in [1.82, 2.24) is 14.8 Å². The van der Waals surface area contributed by atoms with Gasteiger partial charge >= 0.3 is 6.03 Å². The van der Waals surface area contributed by atoms with Crippen molar-refractivity contribution < 1.29 is 9.59 Å². The van der Waals surface area contributed by atoms with E-state index in [9.17, 15) is 14.4 Å². The Balaban J connectivity index is 1.29. The van der Waals surface area contributed by atoms with E-state index in [4.69, 9.17) is 5.26 Å². The number of urea groups is 1. The van der Waals surface area contributed by atoms with E-state index in [1.54, 1.807) is 34.9 Å². The molecule has 0 spiro atoms. The minimum Gasteiger partial charge on any atom is -0.335 e. The highest BCUT2D eigenvalue weighted by Crippen LogP contribution is 2.35. The van der Waals surface area contributed by atoms with Crippen molar-refractivity contribution >= 4 is 17.6 Å². The molecule has 0 unspecified atom stereocenters. The number of carbonyl (C=O) groups excluding carboxylic acids is 2. The van der Waals surface area contributed by atoms with Crippen LogP contribution >= 0.6 is 0 Å². The minimum absolute atomic E-state index is 0.0173. The second kappa shape index (κ2) is 9.34. The van der Waals surface area contributed by atoms with Gasteiger partial charge in [-0.05, 0) is 61.6 Å². The fourth-order valence-electron chi connectivity index (χ4n) is 5.61. The van der Waals surface area contributed by atoms with Gasteiger partial charge in [-0.25, -0.2) is 4.79 Å². The fourth-order valence-corrected chi connectivity index (χ4v) is 5.61. The van der Waals surface area contributed by atoms with Gasteiger partial charge in [0.25, 0.3) is 11.5 Å². The lowest BCUT2D eigenvalue weighted by molar-refractivity contribution is 0.102. The number of nitriles is 1. The quantitative estimate of drug-likeness (QED) is 0.733. The van der Waals surface area contributed by atoms with Crippen molar-refractivity contribution in [2.24, 2.45) is 5.92 Å². The molecule has 8 nitrogen and oxygen atoms in total. The van der Waals surface area contributed by atoms with Crippen molar-refractivity contribution in [3.63, 3.8) is 0 Å². The zero-order valence-electron chi connectivity index (χ0n) is 19.1. The maximum atomic E-state index is 13.2. The van der Waals surface area contributed by atoms with Crippen molar-refractivity contribution in [2.45, 2.75) is 57.0 Å². The molecule has 1 aromatic carbocycles. The van der Waals surface area contributed by atoms with Crippen molar-refractivity contribution in [2.75, 3.05) is 18.4 Å². The Labute approximate surface area is 198 Å². The third kappa shape index (κ3) is 4.43. The third-order valence-corrected chi connectivity index (χ3v) is 7.35. The van der Waals surface area contributed by atoms with Crippen LogP contribution in [-0.2, 0) is 6.54 Å². The number of benzene rings is 1. The van der Waals surface area contributed by atoms with Gasteiger partial charge in [0.1, 0.15) is 5.69 Å². The first kappa shape index (κ1) is 22.2. The first-order chi connectivity index (χ1) is 16.5. The van der Waals surface area contributed by atoms with Crippen LogP contribution < -0.4 is 16.2 Å². The number of likely N-dealkylation sites (tertiary alicyclic amines) is 1. The number of fused-ring (bicyclic) bond motifs is 4. The molecule has 1 saturated heterocycles. The molecule has 3 aliphatic rings. The number of aromatic nitrogens is 1. The zero-order chi connectivity index (χ0) is 23.7. The van der Waals surface area contributed by atoms with Crippen LogP contribution in [-0.4, -0.2) is 40.5 Å². The number of hydrogen-bond donors (Lipinski definition) is 2. The Morgan fingerprint density at radius 3 is 2.47 bits per heavy atom. The zero-order valence-corrected chi connectivity index (χ0v) is 19.1. The van der Waals surface area contributed by atoms with Crippen LogP contribution in [0.5, 0.6) is 0 Å². The molecular formula is C26H29N5O3. The van der Waals surface area contributed by atoms with Crippen molar-refractivity contribution in [3.8, 4) is 6.07 Å². The Kier molecular flexibility index (Phi) is 6.10. The molecule has 176 valence electrons. The Morgan fingerprint density at radius 1 is 0.971 bits per heavy atom. The van der Waals surface area contributed by atoms with Crippen LogP contribution in [0.25, 0.3) is 0 Å². The van der Waals surface area contributed by atoms with Gasteiger partial charge in [-0.1, -0.05) is 19.3 Å². The predicted molar refractivity (Wildman–Crippen MR) is 128 cm³/mol. The summed E-state index contributed by atoms with van der Waals surface area (Å²) < 4.78 is 1.77. The summed E-state index contributed by atoms with van der Waals surface area (Å²) in [6.45, 7) is 1.78. The molecule has 1 saturated carbocycles. The fraction of sp³-hybridized carbons (Fsp3) is 0.462. The molecule has 0 radical (unpaired) electrons. The lowest BCUT2D eigenvalue weighted by Gasteiger charge is -2.43. The topological polar surface area (TPSA) is 107 Å². The van der Waals surface area contributed by atoms with Crippen LogP contribution in [0.1, 0.15) is 66.1 Å². The van der Waals surface area contributed by atoms with E-state index in [2.05, 4.69) is 10.6 Å². The summed E-state index contributed by atoms with van der Waals surface area (Å²) in [5.74, 6) is -0.0604. The first-order valence-corrected chi connectivity index (χ1v) is 12.1. The third-order valence-electron chi connectivity index (χ3n) is 7.35. The van der Waals surface area contributed by atoms with Crippen LogP contribution in [0.15, 0.2) is 41.2 Å². The number of amides is 3. The Morgan fingerprint density at radius 2 is 1.74 bits per heavy atom. The van der Waals surface area contributed by atoms with Gasteiger partial charge in [0, 0.05) is 42.9 Å². The van der Waals surface area contributed by atoms with Gasteiger partial charge in [0.15, 0.2) is 0 Å². The van der Waals surface area contributed by atoms with Crippen molar-refractivity contribution in [1.29, 1.82) is 5.26 Å². The number of piperidine rings is 1. The highest BCUT2D eigenvalue weighted by molar-refractivity contribution is 6.04. The number of rotatable bonds is 3. The molecule has 2 aliphatic heterocycles. The van der Waals surface area contributed by atoms with Gasteiger partial charge in [0.2, 0.25) is 0 Å². The lowest BCUT2D eigenvalue weighted by Crippen LogP contribution is -2.53. The summed E-state index contributed by atoms with van der Waals surface area (Å²) in [5, 5.41) is 14.9. The second-order valence-electron chi connectivity index (χ2n) is 9.72. The molecule has 3 heterocycles. The second-order valence-corrected chi connectivity index (χ2v) is 9.72. The van der Waals surface area contributed by atoms with E-state index < -0.39 is 0 Å². The summed E-state index contributed by atoms with van der Waals surface area (Å²) >= 11 is 0. The number of nitrogens with zero attached hydrogens (tertiary/aromatic N) is 3. The largest absolute Gasteiger partial charge is 0.335 e. The molecule has 3 amide bonds. The summed E-state index contributed by atoms with van der Waals surface area (Å²) in [7, 11) is 0. The van der Waals surface area contributed by atoms with Crippen molar-refractivity contribution in [3.05, 3.63) is 63.6 Å². The molecule has 5 rings (SSSR count). The van der Waals surface area contributed by atoms with Crippen LogP contribution in [0.2, 0.25) is 0 Å². The molecule has 34 heavy (non-hydrogen) atoms. The molecule has 2 bridgehead atoms.